The van der Waals surface area contributed by atoms with Crippen LogP contribution < -0.4 is 0 Å². The third-order valence-electron chi connectivity index (χ3n) is 1.76. The van der Waals surface area contributed by atoms with Crippen LogP contribution in [0, 0.1) is 0 Å². The van der Waals surface area contributed by atoms with Crippen molar-refractivity contribution in [1.82, 2.24) is 0 Å². The summed E-state index contributed by atoms with van der Waals surface area (Å²) in [5.74, 6) is -0.547. The summed E-state index contributed by atoms with van der Waals surface area (Å²) in [6, 6.07) is 0. The van der Waals surface area contributed by atoms with E-state index in [4.69, 9.17) is 25.5 Å². The number of hydrogen-bond donors (Lipinski definition) is 5. The summed E-state index contributed by atoms with van der Waals surface area (Å²) in [5, 5.41) is 45.2. The van der Waals surface area contributed by atoms with Gasteiger partial charge in [0.1, 0.15) is 30.2 Å². The molecule has 0 saturated carbocycles. The number of carbonyl (C=O) groups excluding carboxylic acids is 1. The standard InChI is InChI=1S/C8H14O6/c1-2-4(10)6(12)8(14)7(13)5(11)3-9/h2-3,5-8,10-14H,1H3. The van der Waals surface area contributed by atoms with Crippen molar-refractivity contribution in [3.05, 3.63) is 11.8 Å². The van der Waals surface area contributed by atoms with Crippen LogP contribution in [0.2, 0.25) is 0 Å². The third kappa shape index (κ3) is 3.08. The minimum absolute atomic E-state index is 0.0211. The number of aliphatic hydroxyl groups excluding tert-OH is 5. The second kappa shape index (κ2) is 5.71. The molecule has 0 rings (SSSR count). The second-order valence-corrected chi connectivity index (χ2v) is 2.77. The minimum Gasteiger partial charge on any atom is -0.510 e. The molecule has 14 heavy (non-hydrogen) atoms. The van der Waals surface area contributed by atoms with Crippen molar-refractivity contribution in [2.24, 2.45) is 0 Å². The van der Waals surface area contributed by atoms with Gasteiger partial charge in [-0.15, -0.1) is 0 Å². The number of carbonyl (C=O) groups is 1. The van der Waals surface area contributed by atoms with Crippen LogP contribution in [0.15, 0.2) is 11.8 Å². The van der Waals surface area contributed by atoms with Crippen LogP contribution in [0.4, 0.5) is 0 Å². The molecule has 0 heterocycles. The number of hydrogen-bond acceptors (Lipinski definition) is 6. The van der Waals surface area contributed by atoms with E-state index in [0.29, 0.717) is 0 Å². The lowest BCUT2D eigenvalue weighted by atomic mass is 10.0. The Labute approximate surface area is 80.7 Å². The Bertz CT molecular complexity index is 214. The van der Waals surface area contributed by atoms with E-state index in [9.17, 15) is 4.79 Å². The highest BCUT2D eigenvalue weighted by molar-refractivity contribution is 5.56. The SMILES string of the molecule is CC=C(O)C(O)C(O)C(O)C(O)C=O. The highest BCUT2D eigenvalue weighted by atomic mass is 16.4. The average molecular weight is 206 g/mol. The first-order chi connectivity index (χ1) is 6.45. The van der Waals surface area contributed by atoms with Gasteiger partial charge in [-0.1, -0.05) is 0 Å². The Morgan fingerprint density at radius 1 is 1.14 bits per heavy atom. The van der Waals surface area contributed by atoms with Crippen molar-refractivity contribution in [2.75, 3.05) is 0 Å². The van der Waals surface area contributed by atoms with Gasteiger partial charge in [-0.3, -0.25) is 0 Å². The molecule has 0 amide bonds. The average Bonchev–Trinajstić information content (AvgIpc) is 2.23. The normalized spacial score (nSPS) is 21.1. The van der Waals surface area contributed by atoms with Crippen molar-refractivity contribution in [3.8, 4) is 0 Å². The molecular formula is C8H14O6. The summed E-state index contributed by atoms with van der Waals surface area (Å²) >= 11 is 0. The summed E-state index contributed by atoms with van der Waals surface area (Å²) in [6.07, 6.45) is -6.06. The molecule has 4 atom stereocenters. The fourth-order valence-corrected chi connectivity index (χ4v) is 0.815. The van der Waals surface area contributed by atoms with Gasteiger partial charge in [0.15, 0.2) is 6.29 Å². The van der Waals surface area contributed by atoms with Crippen LogP contribution >= 0.6 is 0 Å². The zero-order chi connectivity index (χ0) is 11.3. The molecule has 0 radical (unpaired) electrons. The van der Waals surface area contributed by atoms with Gasteiger partial charge in [0.25, 0.3) is 0 Å². The molecule has 6 nitrogen and oxygen atoms in total. The van der Waals surface area contributed by atoms with E-state index in [0.717, 1.165) is 6.08 Å². The highest BCUT2D eigenvalue weighted by Crippen LogP contribution is 2.09. The van der Waals surface area contributed by atoms with E-state index in [-0.39, 0.29) is 6.29 Å². The molecule has 0 aromatic heterocycles. The molecule has 5 N–H and O–H groups in total. The first-order valence-corrected chi connectivity index (χ1v) is 3.98. The van der Waals surface area contributed by atoms with Gasteiger partial charge in [-0.05, 0) is 13.0 Å². The van der Waals surface area contributed by atoms with Gasteiger partial charge in [0, 0.05) is 0 Å². The Kier molecular flexibility index (Phi) is 5.32. The molecule has 0 spiro atoms. The van der Waals surface area contributed by atoms with Crippen molar-refractivity contribution in [2.45, 2.75) is 31.3 Å². The fraction of sp³-hybridized carbons (Fsp3) is 0.625. The van der Waals surface area contributed by atoms with E-state index in [2.05, 4.69) is 0 Å². The Hall–Kier alpha value is -0.950. The van der Waals surface area contributed by atoms with E-state index < -0.39 is 30.2 Å². The van der Waals surface area contributed by atoms with E-state index in [1.54, 1.807) is 0 Å². The molecule has 0 aliphatic heterocycles. The van der Waals surface area contributed by atoms with Crippen molar-refractivity contribution in [3.63, 3.8) is 0 Å². The second-order valence-electron chi connectivity index (χ2n) is 2.77. The molecule has 0 aliphatic carbocycles. The first-order valence-electron chi connectivity index (χ1n) is 3.98. The van der Waals surface area contributed by atoms with Crippen molar-refractivity contribution < 1.29 is 30.3 Å². The van der Waals surface area contributed by atoms with Crippen LogP contribution in [0.5, 0.6) is 0 Å². The van der Waals surface area contributed by atoms with Crippen molar-refractivity contribution in [1.29, 1.82) is 0 Å². The molecular weight excluding hydrogens is 192 g/mol. The first kappa shape index (κ1) is 13.1. The van der Waals surface area contributed by atoms with E-state index in [1.807, 2.05) is 0 Å². The Morgan fingerprint density at radius 2 is 1.64 bits per heavy atom. The maximum Gasteiger partial charge on any atom is 0.151 e. The van der Waals surface area contributed by atoms with Crippen LogP contribution in [0.3, 0.4) is 0 Å². The van der Waals surface area contributed by atoms with Gasteiger partial charge in [0.2, 0.25) is 0 Å². The Morgan fingerprint density at radius 3 is 2.00 bits per heavy atom. The van der Waals surface area contributed by atoms with Crippen LogP contribution in [-0.4, -0.2) is 56.2 Å². The smallest absolute Gasteiger partial charge is 0.151 e. The number of rotatable bonds is 5. The van der Waals surface area contributed by atoms with E-state index in [1.165, 1.54) is 6.92 Å². The topological polar surface area (TPSA) is 118 Å². The summed E-state index contributed by atoms with van der Waals surface area (Å²) in [5.41, 5.74) is 0. The van der Waals surface area contributed by atoms with Crippen LogP contribution in [0.25, 0.3) is 0 Å². The lowest BCUT2D eigenvalue weighted by Crippen LogP contribution is -2.45. The van der Waals surface area contributed by atoms with Gasteiger partial charge in [-0.25, -0.2) is 0 Å². The summed E-state index contributed by atoms with van der Waals surface area (Å²) in [4.78, 5) is 10.0. The maximum atomic E-state index is 10.0. The molecule has 0 bridgehead atoms. The summed E-state index contributed by atoms with van der Waals surface area (Å²) < 4.78 is 0. The third-order valence-corrected chi connectivity index (χ3v) is 1.76. The fourth-order valence-electron chi connectivity index (χ4n) is 0.815. The van der Waals surface area contributed by atoms with Gasteiger partial charge >= 0.3 is 0 Å². The van der Waals surface area contributed by atoms with Crippen LogP contribution in [0.1, 0.15) is 6.92 Å². The Balaban J connectivity index is 4.45. The molecule has 0 aromatic carbocycles. The molecule has 4 unspecified atom stereocenters. The molecule has 0 aromatic rings. The monoisotopic (exact) mass is 206 g/mol. The minimum atomic E-state index is -1.84. The summed E-state index contributed by atoms with van der Waals surface area (Å²) in [7, 11) is 0. The molecule has 0 aliphatic rings. The van der Waals surface area contributed by atoms with Crippen LogP contribution in [-0.2, 0) is 4.79 Å². The maximum absolute atomic E-state index is 10.0. The number of allylic oxidation sites excluding steroid dienone is 1. The summed E-state index contributed by atoms with van der Waals surface area (Å²) in [6.45, 7) is 1.41. The molecule has 0 fully saturated rings. The zero-order valence-electron chi connectivity index (χ0n) is 7.61. The predicted molar refractivity (Wildman–Crippen MR) is 46.5 cm³/mol. The number of aliphatic hydroxyl groups is 5. The van der Waals surface area contributed by atoms with E-state index >= 15 is 0 Å². The lowest BCUT2D eigenvalue weighted by molar-refractivity contribution is -0.132. The molecule has 82 valence electrons. The number of aldehydes is 1. The van der Waals surface area contributed by atoms with Gasteiger partial charge in [-0.2, -0.15) is 0 Å². The molecule has 6 heteroatoms. The quantitative estimate of drug-likeness (QED) is 0.264. The zero-order valence-corrected chi connectivity index (χ0v) is 7.61. The largest absolute Gasteiger partial charge is 0.510 e. The predicted octanol–water partition coefficient (Wildman–Crippen LogP) is -1.91. The van der Waals surface area contributed by atoms with Gasteiger partial charge in [0.05, 0.1) is 0 Å². The van der Waals surface area contributed by atoms with Crippen molar-refractivity contribution >= 4 is 6.29 Å². The lowest BCUT2D eigenvalue weighted by Gasteiger charge is -2.23. The highest BCUT2D eigenvalue weighted by Gasteiger charge is 2.31. The van der Waals surface area contributed by atoms with Gasteiger partial charge < -0.3 is 30.3 Å². The molecule has 0 saturated heterocycles.